The second kappa shape index (κ2) is 9.03. The van der Waals surface area contributed by atoms with Gasteiger partial charge in [0, 0.05) is 24.3 Å². The first-order valence-electron chi connectivity index (χ1n) is 8.04. The van der Waals surface area contributed by atoms with Crippen molar-refractivity contribution in [3.63, 3.8) is 0 Å². The molecule has 0 saturated carbocycles. The smallest absolute Gasteiger partial charge is 0.193 e. The van der Waals surface area contributed by atoms with E-state index in [9.17, 15) is 0 Å². The molecule has 5 heteroatoms. The van der Waals surface area contributed by atoms with Crippen molar-refractivity contribution in [3.8, 4) is 0 Å². The molecule has 1 aliphatic heterocycles. The number of nitrogens with zero attached hydrogens (tertiary/aromatic N) is 1. The SMILES string of the molecule is I.NC(=NCC1(c2ccccc2)CCOCC1)Nc1ccccc1. The van der Waals surface area contributed by atoms with Gasteiger partial charge in [-0.25, -0.2) is 0 Å². The van der Waals surface area contributed by atoms with Crippen LogP contribution in [0.2, 0.25) is 0 Å². The maximum Gasteiger partial charge on any atom is 0.193 e. The Hall–Kier alpha value is -1.60. The summed E-state index contributed by atoms with van der Waals surface area (Å²) in [6, 6.07) is 20.5. The number of nitrogens with two attached hydrogens (primary N) is 1. The number of para-hydroxylation sites is 1. The number of benzene rings is 2. The van der Waals surface area contributed by atoms with Gasteiger partial charge in [-0.3, -0.25) is 4.99 Å². The van der Waals surface area contributed by atoms with Gasteiger partial charge in [0.15, 0.2) is 5.96 Å². The van der Waals surface area contributed by atoms with E-state index in [0.717, 1.165) is 31.7 Å². The molecule has 0 unspecified atom stereocenters. The molecule has 3 N–H and O–H groups in total. The third-order valence-corrected chi connectivity index (χ3v) is 4.43. The molecule has 4 nitrogen and oxygen atoms in total. The number of halogens is 1. The average molecular weight is 437 g/mol. The molecule has 0 amide bonds. The zero-order valence-corrected chi connectivity index (χ0v) is 16.0. The molecule has 1 fully saturated rings. The molecule has 24 heavy (non-hydrogen) atoms. The summed E-state index contributed by atoms with van der Waals surface area (Å²) in [5.41, 5.74) is 8.36. The van der Waals surface area contributed by atoms with Gasteiger partial charge >= 0.3 is 0 Å². The van der Waals surface area contributed by atoms with E-state index in [2.05, 4.69) is 34.6 Å². The van der Waals surface area contributed by atoms with Crippen LogP contribution in [0, 0.1) is 0 Å². The molecule has 0 atom stereocenters. The minimum absolute atomic E-state index is 0. The molecule has 0 radical (unpaired) electrons. The summed E-state index contributed by atoms with van der Waals surface area (Å²) in [5.74, 6) is 0.456. The summed E-state index contributed by atoms with van der Waals surface area (Å²) in [4.78, 5) is 4.62. The molecule has 2 aromatic carbocycles. The van der Waals surface area contributed by atoms with Gasteiger partial charge in [-0.2, -0.15) is 0 Å². The summed E-state index contributed by atoms with van der Waals surface area (Å²) >= 11 is 0. The Morgan fingerprint density at radius 1 is 1.00 bits per heavy atom. The first-order valence-corrected chi connectivity index (χ1v) is 8.04. The molecule has 0 spiro atoms. The summed E-state index contributed by atoms with van der Waals surface area (Å²) in [7, 11) is 0. The fourth-order valence-electron chi connectivity index (χ4n) is 3.04. The van der Waals surface area contributed by atoms with Gasteiger partial charge in [0.1, 0.15) is 0 Å². The first kappa shape index (κ1) is 18.7. The highest BCUT2D eigenvalue weighted by atomic mass is 127. The number of anilines is 1. The molecule has 1 aliphatic rings. The van der Waals surface area contributed by atoms with Crippen molar-refractivity contribution >= 4 is 35.6 Å². The van der Waals surface area contributed by atoms with Crippen molar-refractivity contribution in [3.05, 3.63) is 66.2 Å². The third kappa shape index (κ3) is 4.70. The molecule has 2 aromatic rings. The van der Waals surface area contributed by atoms with Crippen molar-refractivity contribution in [2.24, 2.45) is 10.7 Å². The standard InChI is InChI=1S/C19H23N3O.HI/c20-18(22-17-9-5-2-6-10-17)21-15-19(11-13-23-14-12-19)16-7-3-1-4-8-16;/h1-10H,11-15H2,(H3,20,21,22);1H. The number of hydrogen-bond donors (Lipinski definition) is 2. The zero-order valence-electron chi connectivity index (χ0n) is 13.7. The second-order valence-electron chi connectivity index (χ2n) is 5.95. The van der Waals surface area contributed by atoms with Gasteiger partial charge in [0.05, 0.1) is 6.54 Å². The van der Waals surface area contributed by atoms with Crippen LogP contribution in [-0.2, 0) is 10.2 Å². The lowest BCUT2D eigenvalue weighted by molar-refractivity contribution is 0.0531. The number of aliphatic imine (C=N–C) groups is 1. The van der Waals surface area contributed by atoms with Gasteiger partial charge in [0.2, 0.25) is 0 Å². The van der Waals surface area contributed by atoms with E-state index < -0.39 is 0 Å². The van der Waals surface area contributed by atoms with Crippen molar-refractivity contribution in [1.82, 2.24) is 0 Å². The van der Waals surface area contributed by atoms with Gasteiger partial charge in [-0.05, 0) is 30.5 Å². The number of rotatable bonds is 4. The largest absolute Gasteiger partial charge is 0.381 e. The van der Waals surface area contributed by atoms with Crippen LogP contribution in [-0.4, -0.2) is 25.7 Å². The van der Waals surface area contributed by atoms with E-state index >= 15 is 0 Å². The molecule has 1 heterocycles. The van der Waals surface area contributed by atoms with Crippen molar-refractivity contribution in [1.29, 1.82) is 0 Å². The third-order valence-electron chi connectivity index (χ3n) is 4.43. The van der Waals surface area contributed by atoms with E-state index in [1.165, 1.54) is 5.56 Å². The van der Waals surface area contributed by atoms with Crippen LogP contribution < -0.4 is 11.1 Å². The van der Waals surface area contributed by atoms with E-state index in [4.69, 9.17) is 10.5 Å². The molecule has 128 valence electrons. The monoisotopic (exact) mass is 437 g/mol. The molecule has 0 aromatic heterocycles. The maximum atomic E-state index is 6.07. The Labute approximate surface area is 160 Å². The van der Waals surface area contributed by atoms with E-state index in [1.807, 2.05) is 36.4 Å². The highest BCUT2D eigenvalue weighted by Gasteiger charge is 2.34. The number of hydrogen-bond acceptors (Lipinski definition) is 2. The Morgan fingerprint density at radius 2 is 1.58 bits per heavy atom. The average Bonchev–Trinajstić information content (AvgIpc) is 2.62. The van der Waals surface area contributed by atoms with E-state index in [0.29, 0.717) is 12.5 Å². The Kier molecular flexibility index (Phi) is 7.05. The van der Waals surface area contributed by atoms with Gasteiger partial charge in [-0.1, -0.05) is 48.5 Å². The summed E-state index contributed by atoms with van der Waals surface area (Å²) < 4.78 is 5.55. The Morgan fingerprint density at radius 3 is 2.21 bits per heavy atom. The molecule has 1 saturated heterocycles. The van der Waals surface area contributed by atoms with Crippen LogP contribution >= 0.6 is 24.0 Å². The minimum Gasteiger partial charge on any atom is -0.381 e. The van der Waals surface area contributed by atoms with Crippen molar-refractivity contribution in [2.75, 3.05) is 25.1 Å². The Bertz CT molecular complexity index is 640. The summed E-state index contributed by atoms with van der Waals surface area (Å²) in [6.45, 7) is 2.22. The van der Waals surface area contributed by atoms with Gasteiger partial charge in [0.25, 0.3) is 0 Å². The fraction of sp³-hybridized carbons (Fsp3) is 0.316. The predicted octanol–water partition coefficient (Wildman–Crippen LogP) is 3.78. The van der Waals surface area contributed by atoms with E-state index in [-0.39, 0.29) is 29.4 Å². The number of ether oxygens (including phenoxy) is 1. The molecule has 0 aliphatic carbocycles. The Balaban J connectivity index is 0.00000208. The van der Waals surface area contributed by atoms with Crippen molar-refractivity contribution < 1.29 is 4.74 Å². The maximum absolute atomic E-state index is 6.07. The summed E-state index contributed by atoms with van der Waals surface area (Å²) in [5, 5.41) is 3.15. The quantitative estimate of drug-likeness (QED) is 0.435. The van der Waals surface area contributed by atoms with Crippen LogP contribution in [0.5, 0.6) is 0 Å². The second-order valence-corrected chi connectivity index (χ2v) is 5.95. The minimum atomic E-state index is 0. The lowest BCUT2D eigenvalue weighted by Crippen LogP contribution is -2.38. The van der Waals surface area contributed by atoms with Crippen LogP contribution in [0.25, 0.3) is 0 Å². The van der Waals surface area contributed by atoms with Gasteiger partial charge < -0.3 is 15.8 Å². The van der Waals surface area contributed by atoms with Crippen molar-refractivity contribution in [2.45, 2.75) is 18.3 Å². The van der Waals surface area contributed by atoms with Crippen LogP contribution in [0.1, 0.15) is 18.4 Å². The lowest BCUT2D eigenvalue weighted by Gasteiger charge is -2.36. The fourth-order valence-corrected chi connectivity index (χ4v) is 3.04. The molecular formula is C19H24IN3O. The lowest BCUT2D eigenvalue weighted by atomic mass is 9.74. The number of guanidine groups is 1. The molecule has 0 bridgehead atoms. The topological polar surface area (TPSA) is 59.6 Å². The molecular weight excluding hydrogens is 413 g/mol. The van der Waals surface area contributed by atoms with Crippen LogP contribution in [0.4, 0.5) is 5.69 Å². The number of nitrogens with one attached hydrogen (secondary N) is 1. The normalized spacial score (nSPS) is 16.9. The van der Waals surface area contributed by atoms with E-state index in [1.54, 1.807) is 0 Å². The predicted molar refractivity (Wildman–Crippen MR) is 110 cm³/mol. The summed E-state index contributed by atoms with van der Waals surface area (Å²) in [6.07, 6.45) is 1.94. The van der Waals surface area contributed by atoms with Gasteiger partial charge in [-0.15, -0.1) is 24.0 Å². The van der Waals surface area contributed by atoms with Crippen LogP contribution in [0.15, 0.2) is 65.7 Å². The highest BCUT2D eigenvalue weighted by molar-refractivity contribution is 14.0. The van der Waals surface area contributed by atoms with Crippen LogP contribution in [0.3, 0.4) is 0 Å². The first-order chi connectivity index (χ1) is 11.3. The molecule has 3 rings (SSSR count). The zero-order chi connectivity index (χ0) is 16.0. The highest BCUT2D eigenvalue weighted by Crippen LogP contribution is 2.35.